The molecule has 1 unspecified atom stereocenters. The van der Waals surface area contributed by atoms with E-state index in [9.17, 15) is 0 Å². The fraction of sp³-hybridized carbons (Fsp3) is 0.438. The number of thiazole rings is 1. The Morgan fingerprint density at radius 2 is 2.23 bits per heavy atom. The summed E-state index contributed by atoms with van der Waals surface area (Å²) in [6.45, 7) is 3.84. The van der Waals surface area contributed by atoms with Gasteiger partial charge in [0.25, 0.3) is 0 Å². The van der Waals surface area contributed by atoms with Crippen LogP contribution in [0.15, 0.2) is 24.3 Å². The third-order valence-corrected chi connectivity index (χ3v) is 5.13. The SMILES string of the molecule is CCc1nc2n(n1)CC(NCc1nc3ccccc3s1)CC2. The second kappa shape index (κ2) is 5.78. The Labute approximate surface area is 133 Å². The molecular formula is C16H19N5S. The van der Waals surface area contributed by atoms with Crippen LogP contribution in [0.3, 0.4) is 0 Å². The van der Waals surface area contributed by atoms with E-state index in [0.717, 1.165) is 54.5 Å². The molecular weight excluding hydrogens is 294 g/mol. The van der Waals surface area contributed by atoms with Crippen molar-refractivity contribution < 1.29 is 0 Å². The quantitative estimate of drug-likeness (QED) is 0.804. The lowest BCUT2D eigenvalue weighted by molar-refractivity contribution is 0.357. The number of hydrogen-bond acceptors (Lipinski definition) is 5. The van der Waals surface area contributed by atoms with Gasteiger partial charge in [-0.2, -0.15) is 5.10 Å². The topological polar surface area (TPSA) is 55.6 Å². The van der Waals surface area contributed by atoms with E-state index in [-0.39, 0.29) is 0 Å². The highest BCUT2D eigenvalue weighted by Gasteiger charge is 2.21. The molecule has 4 rings (SSSR count). The van der Waals surface area contributed by atoms with Gasteiger partial charge in [0.15, 0.2) is 5.82 Å². The Hall–Kier alpha value is -1.79. The van der Waals surface area contributed by atoms with E-state index >= 15 is 0 Å². The minimum atomic E-state index is 0.450. The van der Waals surface area contributed by atoms with Gasteiger partial charge in [-0.3, -0.25) is 0 Å². The Bertz CT molecular complexity index is 758. The maximum atomic E-state index is 4.68. The van der Waals surface area contributed by atoms with E-state index in [4.69, 9.17) is 0 Å². The van der Waals surface area contributed by atoms with Crippen LogP contribution in [0.1, 0.15) is 30.0 Å². The minimum Gasteiger partial charge on any atom is -0.306 e. The van der Waals surface area contributed by atoms with E-state index in [1.54, 1.807) is 11.3 Å². The van der Waals surface area contributed by atoms with Crippen LogP contribution in [0.2, 0.25) is 0 Å². The van der Waals surface area contributed by atoms with Crippen LogP contribution in [0.5, 0.6) is 0 Å². The number of para-hydroxylation sites is 1. The number of nitrogens with zero attached hydrogens (tertiary/aromatic N) is 4. The van der Waals surface area contributed by atoms with Gasteiger partial charge in [-0.05, 0) is 18.6 Å². The van der Waals surface area contributed by atoms with Crippen LogP contribution in [-0.2, 0) is 25.9 Å². The lowest BCUT2D eigenvalue weighted by atomic mass is 10.1. The summed E-state index contributed by atoms with van der Waals surface area (Å²) < 4.78 is 3.33. The first-order valence-electron chi connectivity index (χ1n) is 7.82. The zero-order chi connectivity index (χ0) is 14.9. The van der Waals surface area contributed by atoms with Crippen molar-refractivity contribution in [1.29, 1.82) is 0 Å². The van der Waals surface area contributed by atoms with E-state index in [2.05, 4.69) is 50.2 Å². The van der Waals surface area contributed by atoms with Crippen LogP contribution < -0.4 is 5.32 Å². The van der Waals surface area contributed by atoms with Crippen molar-refractivity contribution in [2.45, 2.75) is 45.3 Å². The molecule has 22 heavy (non-hydrogen) atoms. The molecule has 0 spiro atoms. The normalized spacial score (nSPS) is 17.8. The zero-order valence-corrected chi connectivity index (χ0v) is 13.4. The van der Waals surface area contributed by atoms with Crippen LogP contribution in [0.25, 0.3) is 10.2 Å². The first kappa shape index (κ1) is 13.8. The first-order valence-corrected chi connectivity index (χ1v) is 8.64. The third-order valence-electron chi connectivity index (χ3n) is 4.10. The Balaban J connectivity index is 1.42. The number of aromatic nitrogens is 4. The fourth-order valence-corrected chi connectivity index (χ4v) is 3.82. The van der Waals surface area contributed by atoms with Crippen LogP contribution in [-0.4, -0.2) is 25.8 Å². The average molecular weight is 313 g/mol. The first-order chi connectivity index (χ1) is 10.8. The van der Waals surface area contributed by atoms with Gasteiger partial charge in [0.1, 0.15) is 10.8 Å². The Morgan fingerprint density at radius 1 is 1.32 bits per heavy atom. The number of fused-ring (bicyclic) bond motifs is 2. The van der Waals surface area contributed by atoms with Gasteiger partial charge in [0, 0.05) is 25.4 Å². The summed E-state index contributed by atoms with van der Waals surface area (Å²) >= 11 is 1.77. The van der Waals surface area contributed by atoms with Crippen LogP contribution in [0, 0.1) is 0 Å². The Morgan fingerprint density at radius 3 is 3.09 bits per heavy atom. The molecule has 0 saturated heterocycles. The van der Waals surface area contributed by atoms with Gasteiger partial charge >= 0.3 is 0 Å². The standard InChI is InChI=1S/C16H19N5S/c1-2-14-19-15-8-7-11(10-21(15)20-14)17-9-16-18-12-5-3-4-6-13(12)22-16/h3-6,11,17H,2,7-10H2,1H3. The van der Waals surface area contributed by atoms with Gasteiger partial charge < -0.3 is 5.32 Å². The summed E-state index contributed by atoms with van der Waals surface area (Å²) in [6.07, 6.45) is 3.03. The molecule has 0 aliphatic carbocycles. The highest BCUT2D eigenvalue weighted by Crippen LogP contribution is 2.22. The average Bonchev–Trinajstić information content (AvgIpc) is 3.15. The zero-order valence-electron chi connectivity index (χ0n) is 12.6. The van der Waals surface area contributed by atoms with Crippen LogP contribution >= 0.6 is 11.3 Å². The van der Waals surface area contributed by atoms with Crippen molar-refractivity contribution in [3.63, 3.8) is 0 Å². The molecule has 0 bridgehead atoms. The molecule has 6 heteroatoms. The molecule has 1 N–H and O–H groups in total. The van der Waals surface area contributed by atoms with Crippen molar-refractivity contribution in [2.24, 2.45) is 0 Å². The van der Waals surface area contributed by atoms with E-state index in [0.29, 0.717) is 6.04 Å². The molecule has 0 fully saturated rings. The maximum absolute atomic E-state index is 4.68. The summed E-state index contributed by atoms with van der Waals surface area (Å²) in [6, 6.07) is 8.76. The maximum Gasteiger partial charge on any atom is 0.150 e. The predicted octanol–water partition coefficient (Wildman–Crippen LogP) is 2.55. The fourth-order valence-electron chi connectivity index (χ4n) is 2.90. The van der Waals surface area contributed by atoms with Gasteiger partial charge in [-0.1, -0.05) is 19.1 Å². The van der Waals surface area contributed by atoms with Gasteiger partial charge in [0.05, 0.1) is 16.8 Å². The smallest absolute Gasteiger partial charge is 0.150 e. The molecule has 3 aromatic rings. The predicted molar refractivity (Wildman–Crippen MR) is 88.0 cm³/mol. The number of aryl methyl sites for hydroxylation is 2. The molecule has 114 valence electrons. The van der Waals surface area contributed by atoms with E-state index < -0.39 is 0 Å². The van der Waals surface area contributed by atoms with Crippen molar-refractivity contribution in [3.05, 3.63) is 40.9 Å². The second-order valence-corrected chi connectivity index (χ2v) is 6.79. The monoisotopic (exact) mass is 313 g/mol. The molecule has 5 nitrogen and oxygen atoms in total. The molecule has 3 heterocycles. The van der Waals surface area contributed by atoms with E-state index in [1.165, 1.54) is 4.70 Å². The number of rotatable bonds is 4. The summed E-state index contributed by atoms with van der Waals surface area (Å²) in [5.74, 6) is 2.09. The lowest BCUT2D eigenvalue weighted by Crippen LogP contribution is -2.37. The molecule has 0 radical (unpaired) electrons. The van der Waals surface area contributed by atoms with Crippen molar-refractivity contribution in [2.75, 3.05) is 0 Å². The van der Waals surface area contributed by atoms with Crippen molar-refractivity contribution in [1.82, 2.24) is 25.1 Å². The number of nitrogens with one attached hydrogen (secondary N) is 1. The van der Waals surface area contributed by atoms with Crippen molar-refractivity contribution in [3.8, 4) is 0 Å². The Kier molecular flexibility index (Phi) is 3.63. The third kappa shape index (κ3) is 2.64. The number of benzene rings is 1. The van der Waals surface area contributed by atoms with Gasteiger partial charge in [0.2, 0.25) is 0 Å². The molecule has 0 saturated carbocycles. The summed E-state index contributed by atoms with van der Waals surface area (Å²) in [7, 11) is 0. The summed E-state index contributed by atoms with van der Waals surface area (Å²) in [4.78, 5) is 9.24. The van der Waals surface area contributed by atoms with Gasteiger partial charge in [-0.15, -0.1) is 11.3 Å². The summed E-state index contributed by atoms with van der Waals surface area (Å²) in [5.41, 5.74) is 1.10. The molecule has 0 amide bonds. The van der Waals surface area contributed by atoms with E-state index in [1.807, 2.05) is 6.07 Å². The summed E-state index contributed by atoms with van der Waals surface area (Å²) in [5, 5.41) is 9.34. The minimum absolute atomic E-state index is 0.450. The molecule has 1 aliphatic rings. The highest BCUT2D eigenvalue weighted by molar-refractivity contribution is 7.18. The molecule has 1 aromatic carbocycles. The largest absolute Gasteiger partial charge is 0.306 e. The molecule has 2 aromatic heterocycles. The molecule has 1 aliphatic heterocycles. The van der Waals surface area contributed by atoms with Crippen molar-refractivity contribution >= 4 is 21.6 Å². The van der Waals surface area contributed by atoms with Crippen LogP contribution in [0.4, 0.5) is 0 Å². The van der Waals surface area contributed by atoms with Gasteiger partial charge in [-0.25, -0.2) is 14.6 Å². The molecule has 1 atom stereocenters. The second-order valence-electron chi connectivity index (χ2n) is 5.67. The lowest BCUT2D eigenvalue weighted by Gasteiger charge is -2.23. The highest BCUT2D eigenvalue weighted by atomic mass is 32.1. The number of hydrogen-bond donors (Lipinski definition) is 1.